The summed E-state index contributed by atoms with van der Waals surface area (Å²) in [7, 11) is 0. The number of anilines is 2. The number of amides is 2. The van der Waals surface area contributed by atoms with E-state index < -0.39 is 0 Å². The first-order valence-corrected chi connectivity index (χ1v) is 12.9. The van der Waals surface area contributed by atoms with E-state index in [4.69, 9.17) is 23.2 Å². The summed E-state index contributed by atoms with van der Waals surface area (Å²) in [5.74, 6) is 0.730. The van der Waals surface area contributed by atoms with Gasteiger partial charge in [0.2, 0.25) is 5.91 Å². The van der Waals surface area contributed by atoms with Crippen molar-refractivity contribution in [2.24, 2.45) is 5.92 Å². The Morgan fingerprint density at radius 2 is 1.53 bits per heavy atom. The Morgan fingerprint density at radius 3 is 2.26 bits per heavy atom. The zero-order chi connectivity index (χ0) is 26.2. The topological polar surface area (TPSA) is 86.9 Å². The fourth-order valence-electron chi connectivity index (χ4n) is 4.61. The van der Waals surface area contributed by atoms with Crippen LogP contribution in [0.3, 0.4) is 0 Å². The van der Waals surface area contributed by atoms with E-state index in [1.165, 1.54) is 5.56 Å². The number of hydrogen-bond acceptors (Lipinski definition) is 3. The lowest BCUT2D eigenvalue weighted by Gasteiger charge is -2.06. The van der Waals surface area contributed by atoms with Crippen molar-refractivity contribution in [3.8, 4) is 11.4 Å². The summed E-state index contributed by atoms with van der Waals surface area (Å²) in [6.45, 7) is 0. The molecule has 0 spiro atoms. The SMILES string of the molecule is O=C(Nc1ccc2nc(-c3ccc(NC(=O)C4CC4c4ccccc4)cc3)[nH]c2c1)c1cc(Cl)cc(Cl)c1. The number of carbonyl (C=O) groups is 2. The smallest absolute Gasteiger partial charge is 0.255 e. The van der Waals surface area contributed by atoms with Gasteiger partial charge < -0.3 is 15.6 Å². The molecular formula is C30H22Cl2N4O2. The summed E-state index contributed by atoms with van der Waals surface area (Å²) < 4.78 is 0. The van der Waals surface area contributed by atoms with Gasteiger partial charge in [-0.3, -0.25) is 9.59 Å². The number of halogens is 2. The third-order valence-corrected chi connectivity index (χ3v) is 7.08. The van der Waals surface area contributed by atoms with Crippen LogP contribution < -0.4 is 10.6 Å². The molecule has 6 rings (SSSR count). The molecule has 0 bridgehead atoms. The van der Waals surface area contributed by atoms with E-state index in [1.54, 1.807) is 24.3 Å². The summed E-state index contributed by atoms with van der Waals surface area (Å²) in [6.07, 6.45) is 0.877. The lowest BCUT2D eigenvalue weighted by Crippen LogP contribution is -2.14. The first kappa shape index (κ1) is 24.2. The second kappa shape index (κ2) is 9.97. The van der Waals surface area contributed by atoms with Gasteiger partial charge >= 0.3 is 0 Å². The molecule has 6 nitrogen and oxygen atoms in total. The summed E-state index contributed by atoms with van der Waals surface area (Å²) >= 11 is 12.0. The quantitative estimate of drug-likeness (QED) is 0.208. The molecule has 3 N–H and O–H groups in total. The minimum absolute atomic E-state index is 0.0120. The van der Waals surface area contributed by atoms with E-state index in [2.05, 4.69) is 32.7 Å². The Balaban J connectivity index is 1.12. The molecule has 5 aromatic rings. The van der Waals surface area contributed by atoms with Crippen LogP contribution in [0.5, 0.6) is 0 Å². The standard InChI is InChI=1S/C30H22Cl2N4O2/c31-20-12-19(13-21(32)14-20)29(37)34-23-10-11-26-27(15-23)36-28(35-26)18-6-8-22(9-7-18)33-30(38)25-16-24(25)17-4-2-1-3-5-17/h1-15,24-25H,16H2,(H,33,38)(H,34,37)(H,35,36). The summed E-state index contributed by atoms with van der Waals surface area (Å²) in [6, 6.07) is 27.9. The van der Waals surface area contributed by atoms with Crippen LogP contribution in [0.15, 0.2) is 91.0 Å². The highest BCUT2D eigenvalue weighted by Crippen LogP contribution is 2.47. The average Bonchev–Trinajstić information content (AvgIpc) is 3.61. The predicted octanol–water partition coefficient (Wildman–Crippen LogP) is 7.53. The number of aromatic nitrogens is 2. The van der Waals surface area contributed by atoms with Gasteiger partial charge in [-0.05, 0) is 78.6 Å². The van der Waals surface area contributed by atoms with E-state index in [9.17, 15) is 9.59 Å². The van der Waals surface area contributed by atoms with E-state index in [0.717, 1.165) is 28.7 Å². The third kappa shape index (κ3) is 5.14. The average molecular weight is 541 g/mol. The molecule has 2 unspecified atom stereocenters. The molecule has 0 saturated heterocycles. The van der Waals surface area contributed by atoms with Crippen molar-refractivity contribution >= 4 is 57.4 Å². The second-order valence-electron chi connectivity index (χ2n) is 9.36. The lowest BCUT2D eigenvalue weighted by molar-refractivity contribution is -0.117. The number of hydrogen-bond donors (Lipinski definition) is 3. The Kier molecular flexibility index (Phi) is 6.35. The molecule has 0 radical (unpaired) electrons. The van der Waals surface area contributed by atoms with Crippen molar-refractivity contribution in [3.05, 3.63) is 112 Å². The molecule has 1 aliphatic carbocycles. The van der Waals surface area contributed by atoms with E-state index >= 15 is 0 Å². The van der Waals surface area contributed by atoms with Crippen LogP contribution in [0.4, 0.5) is 11.4 Å². The highest BCUT2D eigenvalue weighted by atomic mass is 35.5. The molecule has 4 aromatic carbocycles. The second-order valence-corrected chi connectivity index (χ2v) is 10.2. The minimum Gasteiger partial charge on any atom is -0.338 e. The fourth-order valence-corrected chi connectivity index (χ4v) is 5.14. The zero-order valence-corrected chi connectivity index (χ0v) is 21.6. The van der Waals surface area contributed by atoms with Crippen molar-refractivity contribution in [3.63, 3.8) is 0 Å². The predicted molar refractivity (Wildman–Crippen MR) is 152 cm³/mol. The van der Waals surface area contributed by atoms with Gasteiger partial charge in [-0.25, -0.2) is 4.98 Å². The van der Waals surface area contributed by atoms with Crippen molar-refractivity contribution in [1.82, 2.24) is 9.97 Å². The Hall–Kier alpha value is -4.13. The normalized spacial score (nSPS) is 16.3. The molecule has 1 aromatic heterocycles. The first-order chi connectivity index (χ1) is 18.4. The van der Waals surface area contributed by atoms with Crippen LogP contribution >= 0.6 is 23.2 Å². The van der Waals surface area contributed by atoms with Crippen molar-refractivity contribution in [2.45, 2.75) is 12.3 Å². The molecular weight excluding hydrogens is 519 g/mol. The molecule has 8 heteroatoms. The number of nitrogens with one attached hydrogen (secondary N) is 3. The van der Waals surface area contributed by atoms with Crippen LogP contribution in [-0.2, 0) is 4.79 Å². The Bertz CT molecular complexity index is 1650. The number of benzene rings is 4. The molecule has 1 saturated carbocycles. The number of carbonyl (C=O) groups excluding carboxylic acids is 2. The zero-order valence-electron chi connectivity index (χ0n) is 20.0. The minimum atomic E-state index is -0.313. The van der Waals surface area contributed by atoms with Crippen LogP contribution in [0.25, 0.3) is 22.4 Å². The number of fused-ring (bicyclic) bond motifs is 1. The third-order valence-electron chi connectivity index (χ3n) is 6.65. The largest absolute Gasteiger partial charge is 0.338 e. The number of H-pyrrole nitrogens is 1. The van der Waals surface area contributed by atoms with Crippen molar-refractivity contribution in [2.75, 3.05) is 10.6 Å². The van der Waals surface area contributed by atoms with Gasteiger partial charge in [0.1, 0.15) is 5.82 Å². The number of aromatic amines is 1. The molecule has 1 fully saturated rings. The first-order valence-electron chi connectivity index (χ1n) is 12.2. The Labute approximate surface area is 229 Å². The van der Waals surface area contributed by atoms with E-state index in [-0.39, 0.29) is 17.7 Å². The highest BCUT2D eigenvalue weighted by Gasteiger charge is 2.43. The molecule has 2 atom stereocenters. The molecule has 1 aliphatic rings. The summed E-state index contributed by atoms with van der Waals surface area (Å²) in [5.41, 5.74) is 5.37. The van der Waals surface area contributed by atoms with Gasteiger partial charge in [0.25, 0.3) is 5.91 Å². The fraction of sp³-hybridized carbons (Fsp3) is 0.100. The van der Waals surface area contributed by atoms with Gasteiger partial charge in [0.05, 0.1) is 11.0 Å². The molecule has 188 valence electrons. The summed E-state index contributed by atoms with van der Waals surface area (Å²) in [5, 5.41) is 6.68. The van der Waals surface area contributed by atoms with Gasteiger partial charge in [-0.2, -0.15) is 0 Å². The van der Waals surface area contributed by atoms with Crippen LogP contribution in [-0.4, -0.2) is 21.8 Å². The van der Waals surface area contributed by atoms with Gasteiger partial charge in [-0.15, -0.1) is 0 Å². The van der Waals surface area contributed by atoms with Gasteiger partial charge in [0, 0.05) is 38.5 Å². The van der Waals surface area contributed by atoms with E-state index in [1.807, 2.05) is 54.6 Å². The van der Waals surface area contributed by atoms with Crippen LogP contribution in [0.2, 0.25) is 10.0 Å². The number of nitrogens with zero attached hydrogens (tertiary/aromatic N) is 1. The molecule has 2 amide bonds. The monoisotopic (exact) mass is 540 g/mol. The summed E-state index contributed by atoms with van der Waals surface area (Å²) in [4.78, 5) is 33.3. The maximum Gasteiger partial charge on any atom is 0.255 e. The van der Waals surface area contributed by atoms with E-state index in [0.29, 0.717) is 33.0 Å². The number of rotatable bonds is 6. The van der Waals surface area contributed by atoms with Crippen molar-refractivity contribution < 1.29 is 9.59 Å². The van der Waals surface area contributed by atoms with Crippen LogP contribution in [0, 0.1) is 5.92 Å². The Morgan fingerprint density at radius 1 is 0.816 bits per heavy atom. The lowest BCUT2D eigenvalue weighted by atomic mass is 10.1. The maximum absolute atomic E-state index is 12.7. The maximum atomic E-state index is 12.7. The van der Waals surface area contributed by atoms with Crippen LogP contribution in [0.1, 0.15) is 28.3 Å². The van der Waals surface area contributed by atoms with Gasteiger partial charge in [-0.1, -0.05) is 53.5 Å². The number of imidazole rings is 1. The van der Waals surface area contributed by atoms with Crippen molar-refractivity contribution in [1.29, 1.82) is 0 Å². The highest BCUT2D eigenvalue weighted by molar-refractivity contribution is 6.35. The molecule has 0 aliphatic heterocycles. The van der Waals surface area contributed by atoms with Gasteiger partial charge in [0.15, 0.2) is 0 Å². The molecule has 1 heterocycles. The molecule has 38 heavy (non-hydrogen) atoms.